The highest BCUT2D eigenvalue weighted by Gasteiger charge is 2.21. The van der Waals surface area contributed by atoms with E-state index in [4.69, 9.17) is 16.3 Å². The monoisotopic (exact) mass is 311 g/mol. The smallest absolute Gasteiger partial charge is 0.0897 e. The fourth-order valence-electron chi connectivity index (χ4n) is 2.89. The van der Waals surface area contributed by atoms with Crippen molar-refractivity contribution in [2.24, 2.45) is 5.92 Å². The maximum absolute atomic E-state index is 9.99. The van der Waals surface area contributed by atoms with Crippen LogP contribution < -0.4 is 5.32 Å². The minimum Gasteiger partial charge on any atom is -0.389 e. The van der Waals surface area contributed by atoms with E-state index in [0.717, 1.165) is 5.56 Å². The minimum atomic E-state index is -0.471. The Labute approximate surface area is 132 Å². The van der Waals surface area contributed by atoms with Crippen LogP contribution in [-0.4, -0.2) is 30.4 Å². The Morgan fingerprint density at radius 1 is 1.33 bits per heavy atom. The summed E-state index contributed by atoms with van der Waals surface area (Å²) in [4.78, 5) is 0. The first-order chi connectivity index (χ1) is 10.2. The molecule has 2 rings (SSSR count). The van der Waals surface area contributed by atoms with Crippen molar-refractivity contribution in [2.75, 3.05) is 13.2 Å². The van der Waals surface area contributed by atoms with Crippen LogP contribution in [0.5, 0.6) is 0 Å². The van der Waals surface area contributed by atoms with E-state index in [1.54, 1.807) is 0 Å². The number of rotatable bonds is 7. The molecular weight excluding hydrogens is 286 g/mol. The van der Waals surface area contributed by atoms with E-state index in [1.165, 1.54) is 25.7 Å². The summed E-state index contributed by atoms with van der Waals surface area (Å²) >= 11 is 6.06. The maximum Gasteiger partial charge on any atom is 0.0897 e. The normalized spacial score (nSPS) is 24.0. The number of halogens is 1. The topological polar surface area (TPSA) is 41.5 Å². The Morgan fingerprint density at radius 2 is 2.10 bits per heavy atom. The molecule has 0 bridgehead atoms. The van der Waals surface area contributed by atoms with Crippen LogP contribution in [0.2, 0.25) is 5.02 Å². The molecule has 1 aromatic carbocycles. The van der Waals surface area contributed by atoms with Gasteiger partial charge < -0.3 is 15.2 Å². The molecule has 2 N–H and O–H groups in total. The Hall–Kier alpha value is -0.610. The summed E-state index contributed by atoms with van der Waals surface area (Å²) in [6.45, 7) is 3.66. The van der Waals surface area contributed by atoms with Gasteiger partial charge >= 0.3 is 0 Å². The molecule has 0 radical (unpaired) electrons. The third-order valence-electron chi connectivity index (χ3n) is 4.25. The highest BCUT2D eigenvalue weighted by molar-refractivity contribution is 6.31. The van der Waals surface area contributed by atoms with Crippen LogP contribution >= 0.6 is 11.6 Å². The molecule has 118 valence electrons. The van der Waals surface area contributed by atoms with Gasteiger partial charge in [-0.25, -0.2) is 0 Å². The van der Waals surface area contributed by atoms with Gasteiger partial charge in [-0.1, -0.05) is 49.6 Å². The van der Waals surface area contributed by atoms with Gasteiger partial charge in [0.05, 0.1) is 19.3 Å². The van der Waals surface area contributed by atoms with E-state index in [1.807, 2.05) is 24.3 Å². The summed E-state index contributed by atoms with van der Waals surface area (Å²) in [5.41, 5.74) is 0.959. The molecule has 3 unspecified atom stereocenters. The first-order valence-electron chi connectivity index (χ1n) is 7.89. The largest absolute Gasteiger partial charge is 0.389 e. The third kappa shape index (κ3) is 5.59. The second-order valence-corrected chi connectivity index (χ2v) is 6.44. The molecule has 0 spiro atoms. The summed E-state index contributed by atoms with van der Waals surface area (Å²) < 4.78 is 5.55. The number of hydrogen-bond donors (Lipinski definition) is 2. The van der Waals surface area contributed by atoms with Crippen molar-refractivity contribution in [1.82, 2.24) is 5.32 Å². The molecule has 0 saturated heterocycles. The van der Waals surface area contributed by atoms with Gasteiger partial charge in [0.25, 0.3) is 0 Å². The highest BCUT2D eigenvalue weighted by Crippen LogP contribution is 2.23. The van der Waals surface area contributed by atoms with Crippen molar-refractivity contribution in [2.45, 2.75) is 51.4 Å². The van der Waals surface area contributed by atoms with Gasteiger partial charge in [-0.15, -0.1) is 0 Å². The lowest BCUT2D eigenvalue weighted by atomic mass is 9.86. The predicted octanol–water partition coefficient (Wildman–Crippen LogP) is 3.39. The zero-order valence-electron chi connectivity index (χ0n) is 12.7. The Kier molecular flexibility index (Phi) is 6.97. The van der Waals surface area contributed by atoms with Crippen molar-refractivity contribution >= 4 is 11.6 Å². The first-order valence-corrected chi connectivity index (χ1v) is 8.27. The summed E-state index contributed by atoms with van der Waals surface area (Å²) in [7, 11) is 0. The van der Waals surface area contributed by atoms with Crippen molar-refractivity contribution < 1.29 is 9.84 Å². The van der Waals surface area contributed by atoms with Crippen LogP contribution in [-0.2, 0) is 11.3 Å². The molecule has 1 fully saturated rings. The lowest BCUT2D eigenvalue weighted by Crippen LogP contribution is -2.42. The molecule has 1 aliphatic carbocycles. The number of aliphatic hydroxyl groups is 1. The van der Waals surface area contributed by atoms with Crippen LogP contribution in [0.15, 0.2) is 24.3 Å². The molecule has 21 heavy (non-hydrogen) atoms. The van der Waals surface area contributed by atoms with Gasteiger partial charge in [0.15, 0.2) is 0 Å². The molecule has 4 heteroatoms. The van der Waals surface area contributed by atoms with Gasteiger partial charge in [0.2, 0.25) is 0 Å². The zero-order valence-corrected chi connectivity index (χ0v) is 13.5. The summed E-state index contributed by atoms with van der Waals surface area (Å²) in [5.74, 6) is 0.704. The molecule has 1 saturated carbocycles. The average molecular weight is 312 g/mol. The summed E-state index contributed by atoms with van der Waals surface area (Å²) in [6, 6.07) is 8.17. The van der Waals surface area contributed by atoms with Crippen molar-refractivity contribution in [3.8, 4) is 0 Å². The van der Waals surface area contributed by atoms with Crippen LogP contribution in [0.4, 0.5) is 0 Å². The first kappa shape index (κ1) is 16.8. The lowest BCUT2D eigenvalue weighted by Gasteiger charge is -2.30. The highest BCUT2D eigenvalue weighted by atomic mass is 35.5. The van der Waals surface area contributed by atoms with E-state index in [-0.39, 0.29) is 0 Å². The third-order valence-corrected chi connectivity index (χ3v) is 4.62. The Balaban J connectivity index is 1.63. The number of ether oxygens (including phenoxy) is 1. The summed E-state index contributed by atoms with van der Waals surface area (Å²) in [6.07, 6.45) is 4.66. The van der Waals surface area contributed by atoms with Gasteiger partial charge in [-0.05, 0) is 30.4 Å². The lowest BCUT2D eigenvalue weighted by molar-refractivity contribution is 0.0260. The average Bonchev–Trinajstić information content (AvgIpc) is 2.48. The van der Waals surface area contributed by atoms with E-state index in [2.05, 4.69) is 12.2 Å². The number of benzene rings is 1. The number of nitrogens with one attached hydrogen (secondary N) is 1. The molecular formula is C17H26ClNO2. The Morgan fingerprint density at radius 3 is 2.86 bits per heavy atom. The van der Waals surface area contributed by atoms with E-state index in [9.17, 15) is 5.11 Å². The second kappa shape index (κ2) is 8.74. The van der Waals surface area contributed by atoms with E-state index in [0.29, 0.717) is 36.7 Å². The zero-order chi connectivity index (χ0) is 15.1. The maximum atomic E-state index is 9.99. The molecule has 3 nitrogen and oxygen atoms in total. The van der Waals surface area contributed by atoms with Gasteiger partial charge in [-0.3, -0.25) is 0 Å². The molecule has 0 amide bonds. The van der Waals surface area contributed by atoms with E-state index < -0.39 is 6.10 Å². The van der Waals surface area contributed by atoms with Crippen LogP contribution in [0.25, 0.3) is 0 Å². The molecule has 0 aliphatic heterocycles. The molecule has 1 aliphatic rings. The standard InChI is InChI=1S/C17H26ClNO2/c1-13-6-2-5-9-17(13)19-10-15(20)12-21-11-14-7-3-4-8-16(14)18/h3-4,7-8,13,15,17,19-20H,2,5-6,9-12H2,1H3. The fraction of sp³-hybridized carbons (Fsp3) is 0.647. The van der Waals surface area contributed by atoms with E-state index >= 15 is 0 Å². The molecule has 3 atom stereocenters. The van der Waals surface area contributed by atoms with Crippen LogP contribution in [0.1, 0.15) is 38.2 Å². The van der Waals surface area contributed by atoms with Crippen LogP contribution in [0, 0.1) is 5.92 Å². The number of hydrogen-bond acceptors (Lipinski definition) is 3. The molecule has 0 heterocycles. The quantitative estimate of drug-likeness (QED) is 0.811. The second-order valence-electron chi connectivity index (χ2n) is 6.04. The number of aliphatic hydroxyl groups excluding tert-OH is 1. The minimum absolute atomic E-state index is 0.333. The molecule has 0 aromatic heterocycles. The van der Waals surface area contributed by atoms with Crippen LogP contribution in [0.3, 0.4) is 0 Å². The SMILES string of the molecule is CC1CCCCC1NCC(O)COCc1ccccc1Cl. The predicted molar refractivity (Wildman–Crippen MR) is 86.5 cm³/mol. The van der Waals surface area contributed by atoms with Crippen molar-refractivity contribution in [3.63, 3.8) is 0 Å². The van der Waals surface area contributed by atoms with Gasteiger partial charge in [0.1, 0.15) is 0 Å². The summed E-state index contributed by atoms with van der Waals surface area (Å²) in [5, 5.41) is 14.2. The van der Waals surface area contributed by atoms with Crippen molar-refractivity contribution in [3.05, 3.63) is 34.9 Å². The fourth-order valence-corrected chi connectivity index (χ4v) is 3.08. The van der Waals surface area contributed by atoms with Gasteiger partial charge in [-0.2, -0.15) is 0 Å². The van der Waals surface area contributed by atoms with Crippen molar-refractivity contribution in [1.29, 1.82) is 0 Å². The molecule has 1 aromatic rings. The van der Waals surface area contributed by atoms with Gasteiger partial charge in [0, 0.05) is 17.6 Å². The Bertz CT molecular complexity index is 427.